The van der Waals surface area contributed by atoms with Gasteiger partial charge in [0.15, 0.2) is 10.8 Å². The summed E-state index contributed by atoms with van der Waals surface area (Å²) in [5.41, 5.74) is 0.440. The molecule has 11 N–H and O–H groups in total. The molecule has 4 amide bonds. The Hall–Kier alpha value is -7.89. The summed E-state index contributed by atoms with van der Waals surface area (Å²) in [5, 5.41) is 69.3. The van der Waals surface area contributed by atoms with Crippen LogP contribution >= 0.6 is 11.8 Å². The minimum absolute atomic E-state index is 0.0572. The number of unbranched alkanes of at least 4 members (excludes halogenated alkanes) is 1. The van der Waals surface area contributed by atoms with Gasteiger partial charge in [0, 0.05) is 60.3 Å². The summed E-state index contributed by atoms with van der Waals surface area (Å²) in [6, 6.07) is 7.09. The van der Waals surface area contributed by atoms with E-state index in [9.17, 15) is 68.7 Å². The number of aromatic hydroxyl groups is 2. The van der Waals surface area contributed by atoms with Crippen LogP contribution in [0.1, 0.15) is 84.8 Å². The van der Waals surface area contributed by atoms with Crippen LogP contribution < -0.4 is 31.3 Å². The minimum atomic E-state index is -1.56. The highest BCUT2D eigenvalue weighted by atomic mass is 32.2. The standard InChI is InChI=1S/C43H44N6O17S/c50-21-5-8-25-31(18-21)65-32-19-22(51)6-9-26(32)43(25)24-7-4-20(17-23(24)39(62)66-43)45-42-49-30(40(63)67-42)11-14-34(53)46-28(37(58)59)10-13-33(52)44-16-2-1-3-27(36(56)57)47-41(64)48-29(38(60)61)12-15-35(54)55/h4-9,17-19,27-30,50-51H,1-3,10-16H2,(H,44,52)(H,45,49)(H,46,53)(H,54,55)(H,56,57)(H,58,59)(H,60,61)(H2,47,48,64). The van der Waals surface area contributed by atoms with E-state index in [1.807, 2.05) is 5.32 Å². The van der Waals surface area contributed by atoms with Crippen LogP contribution in [0.15, 0.2) is 59.6 Å². The van der Waals surface area contributed by atoms with Crippen LogP contribution in [0.4, 0.5) is 10.5 Å². The number of hydrogen-bond donors (Lipinski definition) is 11. The first kappa shape index (κ1) is 48.6. The third kappa shape index (κ3) is 11.7. The molecule has 4 atom stereocenters. The van der Waals surface area contributed by atoms with Gasteiger partial charge in [-0.25, -0.2) is 29.0 Å². The van der Waals surface area contributed by atoms with Crippen LogP contribution in [-0.2, 0) is 43.9 Å². The van der Waals surface area contributed by atoms with Gasteiger partial charge in [0.2, 0.25) is 16.9 Å². The van der Waals surface area contributed by atoms with E-state index in [0.29, 0.717) is 22.4 Å². The number of carboxylic acids is 4. The van der Waals surface area contributed by atoms with Gasteiger partial charge in [0.25, 0.3) is 0 Å². The van der Waals surface area contributed by atoms with E-state index >= 15 is 0 Å². The first-order chi connectivity index (χ1) is 31.8. The Morgan fingerprint density at radius 1 is 0.687 bits per heavy atom. The van der Waals surface area contributed by atoms with Gasteiger partial charge in [-0.05, 0) is 86.7 Å². The number of phenolic OH excluding ortho intramolecular Hbond substituents is 2. The van der Waals surface area contributed by atoms with Gasteiger partial charge in [-0.1, -0.05) is 6.07 Å². The molecule has 67 heavy (non-hydrogen) atoms. The molecule has 0 fully saturated rings. The number of anilines is 1. The van der Waals surface area contributed by atoms with Crippen LogP contribution in [-0.4, -0.2) is 119 Å². The van der Waals surface area contributed by atoms with Crippen molar-refractivity contribution in [1.29, 1.82) is 0 Å². The van der Waals surface area contributed by atoms with Crippen LogP contribution in [0.3, 0.4) is 0 Å². The lowest BCUT2D eigenvalue weighted by Gasteiger charge is -2.36. The average molecular weight is 949 g/mol. The smallest absolute Gasteiger partial charge is 0.340 e. The van der Waals surface area contributed by atoms with Crippen molar-refractivity contribution >= 4 is 75.4 Å². The van der Waals surface area contributed by atoms with E-state index in [1.54, 1.807) is 24.3 Å². The quantitative estimate of drug-likeness (QED) is 0.0540. The third-order valence-electron chi connectivity index (χ3n) is 10.8. The Labute approximate surface area is 383 Å². The second-order valence-electron chi connectivity index (χ2n) is 15.5. The van der Waals surface area contributed by atoms with Crippen molar-refractivity contribution in [2.45, 2.75) is 87.6 Å². The summed E-state index contributed by atoms with van der Waals surface area (Å²) in [5.74, 6) is -7.29. The number of hydrogen-bond acceptors (Lipinski definition) is 16. The molecule has 0 aliphatic carbocycles. The number of carbonyl (C=O) groups excluding carboxylic acids is 5. The SMILES string of the molecule is O=C(O)CCC(NC(=O)NC(CCCCNC(=O)CCC(NC(=O)CCC1N=C(Nc2ccc3c(c2)C(=O)OC32c3ccc(O)cc3Oc3cc(O)ccc32)SC1=O)C(=O)O)C(=O)O)C(=O)O. The summed E-state index contributed by atoms with van der Waals surface area (Å²) in [4.78, 5) is 114. The topological polar surface area (TPSA) is 366 Å². The number of benzene rings is 3. The van der Waals surface area contributed by atoms with Crippen molar-refractivity contribution < 1.29 is 83.3 Å². The molecular weight excluding hydrogens is 905 g/mol. The summed E-state index contributed by atoms with van der Waals surface area (Å²) < 4.78 is 12.1. The summed E-state index contributed by atoms with van der Waals surface area (Å²) >= 11 is 0.780. The van der Waals surface area contributed by atoms with E-state index in [4.69, 9.17) is 14.6 Å². The van der Waals surface area contributed by atoms with Crippen molar-refractivity contribution in [3.05, 3.63) is 76.9 Å². The molecule has 0 saturated carbocycles. The number of urea groups is 1. The molecular formula is C43H44N6O17S. The fourth-order valence-corrected chi connectivity index (χ4v) is 8.37. The molecule has 3 heterocycles. The van der Waals surface area contributed by atoms with E-state index in [2.05, 4.69) is 26.3 Å². The van der Waals surface area contributed by atoms with Crippen molar-refractivity contribution in [3.8, 4) is 23.0 Å². The minimum Gasteiger partial charge on any atom is -0.508 e. The molecule has 3 aromatic rings. The number of aliphatic imine (C=N–C) groups is 1. The number of fused-ring (bicyclic) bond motifs is 6. The molecule has 4 unspecified atom stereocenters. The number of aliphatic carboxylic acids is 4. The van der Waals surface area contributed by atoms with Crippen LogP contribution in [0.2, 0.25) is 0 Å². The summed E-state index contributed by atoms with van der Waals surface area (Å²) in [6.07, 6.45) is -1.57. The number of nitrogens with one attached hydrogen (secondary N) is 5. The Bertz CT molecular complexity index is 2500. The van der Waals surface area contributed by atoms with Crippen molar-refractivity contribution in [3.63, 3.8) is 0 Å². The van der Waals surface area contributed by atoms with E-state index in [0.717, 1.165) is 11.8 Å². The van der Waals surface area contributed by atoms with Crippen LogP contribution in [0.25, 0.3) is 0 Å². The molecule has 354 valence electrons. The molecule has 3 aliphatic heterocycles. The van der Waals surface area contributed by atoms with Crippen molar-refractivity contribution in [2.75, 3.05) is 11.9 Å². The normalized spacial score (nSPS) is 16.4. The third-order valence-corrected chi connectivity index (χ3v) is 11.7. The Morgan fingerprint density at radius 2 is 1.27 bits per heavy atom. The average Bonchev–Trinajstić information content (AvgIpc) is 3.76. The fourth-order valence-electron chi connectivity index (χ4n) is 7.53. The molecule has 0 aromatic heterocycles. The van der Waals surface area contributed by atoms with Gasteiger partial charge < -0.3 is 66.7 Å². The largest absolute Gasteiger partial charge is 0.508 e. The van der Waals surface area contributed by atoms with Crippen molar-refractivity contribution in [1.82, 2.24) is 21.3 Å². The number of rotatable bonds is 21. The van der Waals surface area contributed by atoms with Gasteiger partial charge in [-0.3, -0.25) is 19.2 Å². The van der Waals surface area contributed by atoms with Gasteiger partial charge >= 0.3 is 35.9 Å². The van der Waals surface area contributed by atoms with E-state index < -0.39 is 90.3 Å². The van der Waals surface area contributed by atoms with E-state index in [-0.39, 0.29) is 90.3 Å². The molecule has 23 nitrogen and oxygen atoms in total. The monoisotopic (exact) mass is 948 g/mol. The molecule has 3 aliphatic rings. The first-order valence-corrected chi connectivity index (χ1v) is 21.5. The second kappa shape index (κ2) is 21.0. The second-order valence-corrected chi connectivity index (χ2v) is 16.5. The Kier molecular flexibility index (Phi) is 15.2. The Balaban J connectivity index is 0.949. The number of nitrogens with zero attached hydrogens (tertiary/aromatic N) is 1. The maximum atomic E-state index is 13.5. The highest BCUT2D eigenvalue weighted by molar-refractivity contribution is 8.27. The van der Waals surface area contributed by atoms with Gasteiger partial charge in [-0.15, -0.1) is 0 Å². The number of phenols is 2. The lowest BCUT2D eigenvalue weighted by Crippen LogP contribution is -2.51. The maximum absolute atomic E-state index is 13.5. The van der Waals surface area contributed by atoms with Crippen LogP contribution in [0.5, 0.6) is 23.0 Å². The van der Waals surface area contributed by atoms with Gasteiger partial charge in [-0.2, -0.15) is 0 Å². The number of carboxylic acid groups (broad SMARTS) is 4. The number of ether oxygens (including phenoxy) is 2. The number of amides is 4. The molecule has 24 heteroatoms. The molecule has 0 bridgehead atoms. The molecule has 1 spiro atoms. The number of thioether (sulfide) groups is 1. The highest BCUT2D eigenvalue weighted by Crippen LogP contribution is 2.57. The maximum Gasteiger partial charge on any atom is 0.340 e. The first-order valence-electron chi connectivity index (χ1n) is 20.7. The fraction of sp³-hybridized carbons (Fsp3) is 0.349. The lowest BCUT2D eigenvalue weighted by molar-refractivity contribution is -0.142. The number of esters is 1. The zero-order valence-corrected chi connectivity index (χ0v) is 35.9. The summed E-state index contributed by atoms with van der Waals surface area (Å²) in [6.45, 7) is 0.0572. The highest BCUT2D eigenvalue weighted by Gasteiger charge is 2.54. The molecule has 0 radical (unpaired) electrons. The number of amidine groups is 1. The zero-order valence-electron chi connectivity index (χ0n) is 35.1. The molecule has 3 aromatic carbocycles. The van der Waals surface area contributed by atoms with Gasteiger partial charge in [0.1, 0.15) is 47.2 Å². The zero-order chi connectivity index (χ0) is 48.6. The summed E-state index contributed by atoms with van der Waals surface area (Å²) in [7, 11) is 0. The predicted octanol–water partition coefficient (Wildman–Crippen LogP) is 2.56. The number of carbonyl (C=O) groups is 9. The predicted molar refractivity (Wildman–Crippen MR) is 232 cm³/mol. The Morgan fingerprint density at radius 3 is 1.88 bits per heavy atom. The molecule has 0 saturated heterocycles. The van der Waals surface area contributed by atoms with Gasteiger partial charge in [0.05, 0.1) is 5.56 Å². The lowest BCUT2D eigenvalue weighted by atomic mass is 9.77. The van der Waals surface area contributed by atoms with Crippen LogP contribution in [0, 0.1) is 0 Å². The van der Waals surface area contributed by atoms with E-state index in [1.165, 1.54) is 30.3 Å². The molecule has 6 rings (SSSR count). The van der Waals surface area contributed by atoms with Crippen molar-refractivity contribution in [2.24, 2.45) is 4.99 Å².